The molecule has 0 aromatic heterocycles. The largest absolute Gasteiger partial charge is 0.329 e. The van der Waals surface area contributed by atoms with Crippen LogP contribution in [0.25, 0.3) is 0 Å². The minimum atomic E-state index is 0.579. The minimum Gasteiger partial charge on any atom is -0.329 e. The Kier molecular flexibility index (Phi) is 4.19. The van der Waals surface area contributed by atoms with Gasteiger partial charge in [-0.3, -0.25) is 4.90 Å². The van der Waals surface area contributed by atoms with Crippen LogP contribution < -0.4 is 5.73 Å². The Labute approximate surface area is 117 Å². The van der Waals surface area contributed by atoms with Crippen LogP contribution in [0, 0.1) is 5.92 Å². The van der Waals surface area contributed by atoms with Gasteiger partial charge in [0.25, 0.3) is 0 Å². The van der Waals surface area contributed by atoms with Gasteiger partial charge in [-0.1, -0.05) is 56.4 Å². The third-order valence-corrected chi connectivity index (χ3v) is 4.98. The van der Waals surface area contributed by atoms with Gasteiger partial charge in [-0.2, -0.15) is 0 Å². The molecule has 1 aromatic rings. The molecule has 1 aliphatic heterocycles. The van der Waals surface area contributed by atoms with Crippen LogP contribution >= 0.6 is 0 Å². The van der Waals surface area contributed by atoms with Gasteiger partial charge >= 0.3 is 0 Å². The van der Waals surface area contributed by atoms with Gasteiger partial charge in [0.1, 0.15) is 0 Å². The summed E-state index contributed by atoms with van der Waals surface area (Å²) < 4.78 is 0. The van der Waals surface area contributed by atoms with E-state index in [-0.39, 0.29) is 0 Å². The SMILES string of the molecule is NCC(CC1CCCCC1)N1Cc2ccccc2C1. The van der Waals surface area contributed by atoms with Crippen LogP contribution in [-0.4, -0.2) is 17.5 Å². The second-order valence-corrected chi connectivity index (χ2v) is 6.30. The Morgan fingerprint density at radius 1 is 1.05 bits per heavy atom. The van der Waals surface area contributed by atoms with Crippen LogP contribution in [0.1, 0.15) is 49.7 Å². The molecule has 0 radical (unpaired) electrons. The molecule has 2 N–H and O–H groups in total. The van der Waals surface area contributed by atoms with E-state index in [4.69, 9.17) is 5.73 Å². The molecule has 1 aromatic carbocycles. The molecule has 19 heavy (non-hydrogen) atoms. The molecule has 1 atom stereocenters. The molecule has 2 aliphatic rings. The zero-order valence-electron chi connectivity index (χ0n) is 11.9. The standard InChI is InChI=1S/C17H26N2/c18-11-17(10-14-6-2-1-3-7-14)19-12-15-8-4-5-9-16(15)13-19/h4-5,8-9,14,17H,1-3,6-7,10-13,18H2. The highest BCUT2D eigenvalue weighted by atomic mass is 15.2. The van der Waals surface area contributed by atoms with Crippen molar-refractivity contribution in [1.82, 2.24) is 4.90 Å². The van der Waals surface area contributed by atoms with E-state index >= 15 is 0 Å². The van der Waals surface area contributed by atoms with E-state index in [2.05, 4.69) is 29.2 Å². The zero-order chi connectivity index (χ0) is 13.1. The number of benzene rings is 1. The molecular weight excluding hydrogens is 232 g/mol. The Balaban J connectivity index is 1.61. The van der Waals surface area contributed by atoms with Gasteiger partial charge in [-0.15, -0.1) is 0 Å². The number of nitrogens with two attached hydrogens (primary N) is 1. The van der Waals surface area contributed by atoms with Crippen molar-refractivity contribution < 1.29 is 0 Å². The highest BCUT2D eigenvalue weighted by molar-refractivity contribution is 5.30. The van der Waals surface area contributed by atoms with E-state index in [1.807, 2.05) is 0 Å². The van der Waals surface area contributed by atoms with Gasteiger partial charge in [0.15, 0.2) is 0 Å². The molecule has 1 fully saturated rings. The van der Waals surface area contributed by atoms with E-state index in [0.717, 1.165) is 25.6 Å². The van der Waals surface area contributed by atoms with Gasteiger partial charge in [0.2, 0.25) is 0 Å². The van der Waals surface area contributed by atoms with Gasteiger partial charge in [0, 0.05) is 25.7 Å². The predicted molar refractivity (Wildman–Crippen MR) is 79.7 cm³/mol. The lowest BCUT2D eigenvalue weighted by molar-refractivity contribution is 0.160. The van der Waals surface area contributed by atoms with E-state index in [1.54, 1.807) is 0 Å². The molecular formula is C17H26N2. The van der Waals surface area contributed by atoms with Gasteiger partial charge < -0.3 is 5.73 Å². The van der Waals surface area contributed by atoms with Crippen molar-refractivity contribution in [3.63, 3.8) is 0 Å². The smallest absolute Gasteiger partial charge is 0.0244 e. The topological polar surface area (TPSA) is 29.3 Å². The average Bonchev–Trinajstić information content (AvgIpc) is 2.89. The lowest BCUT2D eigenvalue weighted by atomic mass is 9.84. The van der Waals surface area contributed by atoms with Gasteiger partial charge in [-0.05, 0) is 23.5 Å². The van der Waals surface area contributed by atoms with Crippen LogP contribution in [0.2, 0.25) is 0 Å². The molecule has 0 amide bonds. The van der Waals surface area contributed by atoms with Crippen molar-refractivity contribution >= 4 is 0 Å². The first-order chi connectivity index (χ1) is 9.36. The van der Waals surface area contributed by atoms with Crippen molar-refractivity contribution in [2.75, 3.05) is 6.54 Å². The summed E-state index contributed by atoms with van der Waals surface area (Å²) in [6.07, 6.45) is 8.47. The second kappa shape index (κ2) is 6.06. The summed E-state index contributed by atoms with van der Waals surface area (Å²) in [4.78, 5) is 2.60. The van der Waals surface area contributed by atoms with Crippen LogP contribution in [-0.2, 0) is 13.1 Å². The molecule has 2 nitrogen and oxygen atoms in total. The van der Waals surface area contributed by atoms with E-state index in [9.17, 15) is 0 Å². The molecule has 0 saturated heterocycles. The van der Waals surface area contributed by atoms with E-state index in [1.165, 1.54) is 49.7 Å². The summed E-state index contributed by atoms with van der Waals surface area (Å²) in [5.41, 5.74) is 9.07. The van der Waals surface area contributed by atoms with Crippen molar-refractivity contribution in [3.8, 4) is 0 Å². The average molecular weight is 258 g/mol. The highest BCUT2D eigenvalue weighted by Gasteiger charge is 2.27. The molecule has 2 heteroatoms. The third kappa shape index (κ3) is 3.01. The highest BCUT2D eigenvalue weighted by Crippen LogP contribution is 2.31. The van der Waals surface area contributed by atoms with Gasteiger partial charge in [-0.25, -0.2) is 0 Å². The van der Waals surface area contributed by atoms with E-state index in [0.29, 0.717) is 6.04 Å². The first kappa shape index (κ1) is 13.1. The quantitative estimate of drug-likeness (QED) is 0.898. The van der Waals surface area contributed by atoms with Crippen molar-refractivity contribution in [3.05, 3.63) is 35.4 Å². The van der Waals surface area contributed by atoms with Crippen LogP contribution in [0.5, 0.6) is 0 Å². The number of fused-ring (bicyclic) bond motifs is 1. The fraction of sp³-hybridized carbons (Fsp3) is 0.647. The fourth-order valence-electron chi connectivity index (χ4n) is 3.82. The second-order valence-electron chi connectivity index (χ2n) is 6.30. The number of rotatable bonds is 4. The van der Waals surface area contributed by atoms with Crippen LogP contribution in [0.3, 0.4) is 0 Å². The number of nitrogens with zero attached hydrogens (tertiary/aromatic N) is 1. The maximum Gasteiger partial charge on any atom is 0.0244 e. The summed E-state index contributed by atoms with van der Waals surface area (Å²) in [7, 11) is 0. The third-order valence-electron chi connectivity index (χ3n) is 4.98. The summed E-state index contributed by atoms with van der Waals surface area (Å²) >= 11 is 0. The Morgan fingerprint density at radius 3 is 2.26 bits per heavy atom. The molecule has 1 heterocycles. The Morgan fingerprint density at radius 2 is 1.68 bits per heavy atom. The maximum atomic E-state index is 6.06. The molecule has 1 unspecified atom stereocenters. The zero-order valence-corrected chi connectivity index (χ0v) is 11.9. The van der Waals surface area contributed by atoms with Gasteiger partial charge in [0.05, 0.1) is 0 Å². The molecule has 0 bridgehead atoms. The lowest BCUT2D eigenvalue weighted by Crippen LogP contribution is -2.38. The number of hydrogen-bond donors (Lipinski definition) is 1. The Hall–Kier alpha value is -0.860. The van der Waals surface area contributed by atoms with Crippen LogP contribution in [0.15, 0.2) is 24.3 Å². The molecule has 1 aliphatic carbocycles. The van der Waals surface area contributed by atoms with Crippen molar-refractivity contribution in [1.29, 1.82) is 0 Å². The predicted octanol–water partition coefficient (Wildman–Crippen LogP) is 3.30. The van der Waals surface area contributed by atoms with E-state index < -0.39 is 0 Å². The van der Waals surface area contributed by atoms with Crippen molar-refractivity contribution in [2.45, 2.75) is 57.7 Å². The number of hydrogen-bond acceptors (Lipinski definition) is 2. The minimum absolute atomic E-state index is 0.579. The molecule has 1 saturated carbocycles. The lowest BCUT2D eigenvalue weighted by Gasteiger charge is -2.31. The van der Waals surface area contributed by atoms with Crippen molar-refractivity contribution in [2.24, 2.45) is 11.7 Å². The maximum absolute atomic E-state index is 6.06. The molecule has 0 spiro atoms. The summed E-state index contributed by atoms with van der Waals surface area (Å²) in [6.45, 7) is 3.01. The first-order valence-corrected chi connectivity index (χ1v) is 7.87. The summed E-state index contributed by atoms with van der Waals surface area (Å²) in [5, 5.41) is 0. The summed E-state index contributed by atoms with van der Waals surface area (Å²) in [6, 6.07) is 9.42. The molecule has 3 rings (SSSR count). The normalized spacial score (nSPS) is 22.4. The molecule has 104 valence electrons. The fourth-order valence-corrected chi connectivity index (χ4v) is 3.82. The first-order valence-electron chi connectivity index (χ1n) is 7.87. The monoisotopic (exact) mass is 258 g/mol. The van der Waals surface area contributed by atoms with Crippen LogP contribution in [0.4, 0.5) is 0 Å². The Bertz CT molecular complexity index is 384. The summed E-state index contributed by atoms with van der Waals surface area (Å²) in [5.74, 6) is 0.922.